The van der Waals surface area contributed by atoms with Crippen molar-refractivity contribution < 1.29 is 9.53 Å². The van der Waals surface area contributed by atoms with Crippen molar-refractivity contribution in [3.63, 3.8) is 0 Å². The molecule has 110 valence electrons. The van der Waals surface area contributed by atoms with Crippen LogP contribution < -0.4 is 16.4 Å². The van der Waals surface area contributed by atoms with Gasteiger partial charge in [0.15, 0.2) is 5.82 Å². The van der Waals surface area contributed by atoms with Gasteiger partial charge in [0.1, 0.15) is 10.6 Å². The summed E-state index contributed by atoms with van der Waals surface area (Å²) in [5.41, 5.74) is 6.21. The maximum absolute atomic E-state index is 12.2. The van der Waals surface area contributed by atoms with Crippen molar-refractivity contribution in [3.8, 4) is 0 Å². The SMILES string of the molecule is COC1(CNc2snc(N)c2C(=O)NC2CC2)CCC1. The van der Waals surface area contributed by atoms with Gasteiger partial charge in [0.2, 0.25) is 0 Å². The number of amides is 1. The summed E-state index contributed by atoms with van der Waals surface area (Å²) < 4.78 is 9.66. The van der Waals surface area contributed by atoms with Crippen molar-refractivity contribution >= 4 is 28.3 Å². The van der Waals surface area contributed by atoms with Crippen LogP contribution in [-0.2, 0) is 4.74 Å². The van der Waals surface area contributed by atoms with E-state index in [0.29, 0.717) is 24.0 Å². The molecule has 0 atom stereocenters. The summed E-state index contributed by atoms with van der Waals surface area (Å²) in [6.07, 6.45) is 5.40. The molecule has 1 amide bonds. The summed E-state index contributed by atoms with van der Waals surface area (Å²) >= 11 is 1.24. The van der Waals surface area contributed by atoms with Crippen molar-refractivity contribution in [2.75, 3.05) is 24.7 Å². The molecule has 7 heteroatoms. The maximum atomic E-state index is 12.2. The first-order valence-corrected chi connectivity index (χ1v) is 7.76. The van der Waals surface area contributed by atoms with Gasteiger partial charge in [0.25, 0.3) is 5.91 Å². The molecule has 20 heavy (non-hydrogen) atoms. The average molecular weight is 296 g/mol. The van der Waals surface area contributed by atoms with E-state index < -0.39 is 0 Å². The maximum Gasteiger partial charge on any atom is 0.258 e. The Morgan fingerprint density at radius 3 is 2.85 bits per heavy atom. The minimum atomic E-state index is -0.124. The lowest BCUT2D eigenvalue weighted by molar-refractivity contribution is -0.0600. The Kier molecular flexibility index (Phi) is 3.55. The van der Waals surface area contributed by atoms with E-state index in [-0.39, 0.29) is 11.5 Å². The fourth-order valence-corrected chi connectivity index (χ4v) is 3.10. The number of nitrogen functional groups attached to an aromatic ring is 1. The second-order valence-corrected chi connectivity index (χ2v) is 6.39. The Balaban J connectivity index is 1.68. The monoisotopic (exact) mass is 296 g/mol. The lowest BCUT2D eigenvalue weighted by atomic mass is 9.80. The summed E-state index contributed by atoms with van der Waals surface area (Å²) in [4.78, 5) is 12.2. The number of carbonyl (C=O) groups excluding carboxylic acids is 1. The Morgan fingerprint density at radius 1 is 1.55 bits per heavy atom. The molecule has 4 N–H and O–H groups in total. The molecule has 3 rings (SSSR count). The lowest BCUT2D eigenvalue weighted by Crippen LogP contribution is -2.45. The molecule has 0 bridgehead atoms. The van der Waals surface area contributed by atoms with Crippen LogP contribution in [0.3, 0.4) is 0 Å². The highest BCUT2D eigenvalue weighted by Gasteiger charge is 2.37. The summed E-state index contributed by atoms with van der Waals surface area (Å²) in [6.45, 7) is 0.689. The van der Waals surface area contributed by atoms with Gasteiger partial charge in [-0.15, -0.1) is 0 Å². The van der Waals surface area contributed by atoms with Crippen molar-refractivity contribution in [2.45, 2.75) is 43.7 Å². The van der Waals surface area contributed by atoms with Gasteiger partial charge in [-0.1, -0.05) is 0 Å². The molecule has 0 aromatic carbocycles. The molecule has 1 aromatic rings. The van der Waals surface area contributed by atoms with E-state index in [9.17, 15) is 4.79 Å². The third-order valence-electron chi connectivity index (χ3n) is 4.13. The smallest absolute Gasteiger partial charge is 0.258 e. The van der Waals surface area contributed by atoms with Crippen molar-refractivity contribution in [1.82, 2.24) is 9.69 Å². The average Bonchev–Trinajstić information content (AvgIpc) is 3.11. The van der Waals surface area contributed by atoms with Crippen LogP contribution in [0.2, 0.25) is 0 Å². The fourth-order valence-electron chi connectivity index (χ4n) is 2.39. The molecular formula is C13H20N4O2S. The normalized spacial score (nSPS) is 20.2. The zero-order valence-electron chi connectivity index (χ0n) is 11.6. The van der Waals surface area contributed by atoms with Crippen molar-refractivity contribution in [1.29, 1.82) is 0 Å². The second kappa shape index (κ2) is 5.21. The molecule has 2 aliphatic carbocycles. The zero-order chi connectivity index (χ0) is 14.2. The Morgan fingerprint density at radius 2 is 2.30 bits per heavy atom. The van der Waals surface area contributed by atoms with Gasteiger partial charge < -0.3 is 21.1 Å². The third kappa shape index (κ3) is 2.60. The minimum Gasteiger partial charge on any atom is -0.382 e. The van der Waals surface area contributed by atoms with Crippen LogP contribution in [0.5, 0.6) is 0 Å². The van der Waals surface area contributed by atoms with Crippen LogP contribution in [0.4, 0.5) is 10.8 Å². The summed E-state index contributed by atoms with van der Waals surface area (Å²) in [5, 5.41) is 6.99. The molecule has 2 saturated carbocycles. The predicted octanol–water partition coefficient (Wildman–Crippen LogP) is 1.60. The first kappa shape index (κ1) is 13.6. The molecular weight excluding hydrogens is 276 g/mol. The molecule has 0 saturated heterocycles. The van der Waals surface area contributed by atoms with Crippen LogP contribution in [0.25, 0.3) is 0 Å². The quantitative estimate of drug-likeness (QED) is 0.742. The van der Waals surface area contributed by atoms with E-state index in [4.69, 9.17) is 10.5 Å². The molecule has 0 aliphatic heterocycles. The van der Waals surface area contributed by atoms with E-state index in [0.717, 1.165) is 30.7 Å². The van der Waals surface area contributed by atoms with Crippen molar-refractivity contribution in [3.05, 3.63) is 5.56 Å². The van der Waals surface area contributed by atoms with Crippen LogP contribution in [0, 0.1) is 0 Å². The summed E-state index contributed by atoms with van der Waals surface area (Å²) in [6, 6.07) is 0.312. The van der Waals surface area contributed by atoms with Gasteiger partial charge in [0.05, 0.1) is 5.60 Å². The largest absolute Gasteiger partial charge is 0.382 e. The number of rotatable bonds is 6. The zero-order valence-corrected chi connectivity index (χ0v) is 12.4. The fraction of sp³-hybridized carbons (Fsp3) is 0.692. The standard InChI is InChI=1S/C13H20N4O2S/c1-19-13(5-2-6-13)7-15-12-9(10(14)17-20-12)11(18)16-8-3-4-8/h8,15H,2-7H2,1H3,(H2,14,17)(H,16,18). The minimum absolute atomic E-state index is 0.0943. The molecule has 0 spiro atoms. The number of anilines is 2. The molecule has 2 fully saturated rings. The number of methoxy groups -OCH3 is 1. The van der Waals surface area contributed by atoms with Crippen LogP contribution in [0.1, 0.15) is 42.5 Å². The van der Waals surface area contributed by atoms with Gasteiger partial charge in [-0.05, 0) is 43.6 Å². The number of nitrogens with zero attached hydrogens (tertiary/aromatic N) is 1. The van der Waals surface area contributed by atoms with Gasteiger partial charge in [-0.2, -0.15) is 4.37 Å². The van der Waals surface area contributed by atoms with Gasteiger partial charge >= 0.3 is 0 Å². The van der Waals surface area contributed by atoms with Crippen LogP contribution >= 0.6 is 11.5 Å². The molecule has 0 radical (unpaired) electrons. The number of hydrogen-bond donors (Lipinski definition) is 3. The lowest BCUT2D eigenvalue weighted by Gasteiger charge is -2.40. The summed E-state index contributed by atoms with van der Waals surface area (Å²) in [7, 11) is 1.74. The number of hydrogen-bond acceptors (Lipinski definition) is 6. The van der Waals surface area contributed by atoms with E-state index in [1.165, 1.54) is 18.0 Å². The highest BCUT2D eigenvalue weighted by Crippen LogP contribution is 2.36. The topological polar surface area (TPSA) is 89.3 Å². The second-order valence-electron chi connectivity index (χ2n) is 5.61. The van der Waals surface area contributed by atoms with E-state index in [2.05, 4.69) is 15.0 Å². The van der Waals surface area contributed by atoms with Crippen molar-refractivity contribution in [2.24, 2.45) is 0 Å². The molecule has 0 unspecified atom stereocenters. The number of nitrogens with one attached hydrogen (secondary N) is 2. The van der Waals surface area contributed by atoms with E-state index in [1.54, 1.807) is 7.11 Å². The van der Waals surface area contributed by atoms with Gasteiger partial charge in [0, 0.05) is 19.7 Å². The predicted molar refractivity (Wildman–Crippen MR) is 79.1 cm³/mol. The number of nitrogens with two attached hydrogens (primary N) is 1. The first-order valence-electron chi connectivity index (χ1n) is 6.98. The van der Waals surface area contributed by atoms with E-state index in [1.807, 2.05) is 0 Å². The molecule has 6 nitrogen and oxygen atoms in total. The molecule has 1 aromatic heterocycles. The van der Waals surface area contributed by atoms with Gasteiger partial charge in [-0.25, -0.2) is 0 Å². The van der Waals surface area contributed by atoms with E-state index >= 15 is 0 Å². The third-order valence-corrected chi connectivity index (χ3v) is 4.95. The number of aromatic nitrogens is 1. The Labute approximate surface area is 122 Å². The van der Waals surface area contributed by atoms with Crippen LogP contribution in [-0.4, -0.2) is 35.6 Å². The highest BCUT2D eigenvalue weighted by atomic mass is 32.1. The number of ether oxygens (including phenoxy) is 1. The molecule has 1 heterocycles. The van der Waals surface area contributed by atoms with Gasteiger partial charge in [-0.3, -0.25) is 4.79 Å². The number of carbonyl (C=O) groups is 1. The Bertz CT molecular complexity index is 503. The summed E-state index contributed by atoms with van der Waals surface area (Å²) in [5.74, 6) is 0.178. The highest BCUT2D eigenvalue weighted by molar-refractivity contribution is 7.11. The first-order chi connectivity index (χ1) is 9.63. The molecule has 2 aliphatic rings. The Hall–Kier alpha value is -1.34. The van der Waals surface area contributed by atoms with Crippen LogP contribution in [0.15, 0.2) is 0 Å².